The highest BCUT2D eigenvalue weighted by atomic mass is 35.5. The van der Waals surface area contributed by atoms with E-state index < -0.39 is 24.2 Å². The van der Waals surface area contributed by atoms with Crippen molar-refractivity contribution in [3.8, 4) is 0 Å². The molecule has 2 amide bonds. The number of carbonyl (C=O) groups is 2. The van der Waals surface area contributed by atoms with E-state index >= 15 is 0 Å². The van der Waals surface area contributed by atoms with E-state index in [-0.39, 0.29) is 53.9 Å². The number of aromatic nitrogens is 2. The van der Waals surface area contributed by atoms with Crippen molar-refractivity contribution in [3.05, 3.63) is 46.2 Å². The van der Waals surface area contributed by atoms with E-state index in [1.165, 1.54) is 11.1 Å². The van der Waals surface area contributed by atoms with Crippen LogP contribution in [0.15, 0.2) is 24.3 Å². The van der Waals surface area contributed by atoms with Crippen LogP contribution >= 0.6 is 11.6 Å². The minimum Gasteiger partial charge on any atom is -0.396 e. The minimum absolute atomic E-state index is 0.0157. The number of likely N-dealkylation sites (tertiary alicyclic amines) is 1. The number of aliphatic hydroxyl groups excluding tert-OH is 4. The Morgan fingerprint density at radius 2 is 1.75 bits per heavy atom. The number of aryl methyl sites for hydroxylation is 1. The predicted molar refractivity (Wildman–Crippen MR) is 204 cm³/mol. The number of nitrogens with one attached hydrogen (secondary N) is 2. The van der Waals surface area contributed by atoms with Gasteiger partial charge in [0, 0.05) is 45.8 Å². The molecule has 1 aliphatic rings. The van der Waals surface area contributed by atoms with Crippen LogP contribution in [-0.2, 0) is 11.2 Å². The van der Waals surface area contributed by atoms with Crippen LogP contribution in [0.4, 0.5) is 11.6 Å². The van der Waals surface area contributed by atoms with Gasteiger partial charge in [0.1, 0.15) is 6.10 Å². The summed E-state index contributed by atoms with van der Waals surface area (Å²) in [6.45, 7) is 8.40. The highest BCUT2D eigenvalue weighted by Gasteiger charge is 2.28. The van der Waals surface area contributed by atoms with Crippen LogP contribution in [0, 0.1) is 18.8 Å². The number of anilines is 2. The van der Waals surface area contributed by atoms with E-state index in [0.717, 1.165) is 51.5 Å². The summed E-state index contributed by atoms with van der Waals surface area (Å²) in [6, 6.07) is 8.19. The fourth-order valence-corrected chi connectivity index (χ4v) is 6.70. The average molecular weight is 749 g/mol. The molecule has 0 spiro atoms. The molecule has 2 aromatic rings. The summed E-state index contributed by atoms with van der Waals surface area (Å²) < 4.78 is 0. The van der Waals surface area contributed by atoms with Gasteiger partial charge >= 0.3 is 0 Å². The van der Waals surface area contributed by atoms with Crippen LogP contribution in [0.3, 0.4) is 0 Å². The maximum atomic E-state index is 13.2. The molecule has 3 rings (SSSR count). The van der Waals surface area contributed by atoms with Gasteiger partial charge in [0.15, 0.2) is 22.5 Å². The quantitative estimate of drug-likeness (QED) is 0.0762. The number of piperidine rings is 1. The molecule has 10 N–H and O–H groups in total. The molecule has 1 saturated heterocycles. The van der Waals surface area contributed by atoms with Gasteiger partial charge in [0.2, 0.25) is 5.91 Å². The molecule has 0 radical (unpaired) electrons. The second-order valence-corrected chi connectivity index (χ2v) is 14.4. The Morgan fingerprint density at radius 3 is 2.44 bits per heavy atom. The Balaban J connectivity index is 1.48. The third-order valence-electron chi connectivity index (χ3n) is 9.90. The van der Waals surface area contributed by atoms with Gasteiger partial charge in [-0.25, -0.2) is 9.97 Å². The second-order valence-electron chi connectivity index (χ2n) is 14.1. The molecule has 4 atom stereocenters. The summed E-state index contributed by atoms with van der Waals surface area (Å²) in [5.41, 5.74) is 13.9. The molecule has 3 unspecified atom stereocenters. The summed E-state index contributed by atoms with van der Waals surface area (Å²) in [7, 11) is 0. The Bertz CT molecular complexity index is 1380. The molecule has 0 saturated carbocycles. The third-order valence-corrected chi connectivity index (χ3v) is 10.2. The number of unbranched alkanes of at least 4 members (excludes halogenated alkanes) is 3. The van der Waals surface area contributed by atoms with E-state index in [0.29, 0.717) is 51.6 Å². The number of nitrogens with two attached hydrogens (primary N) is 2. The van der Waals surface area contributed by atoms with E-state index in [9.17, 15) is 24.9 Å². The predicted octanol–water partition coefficient (Wildman–Crippen LogP) is 1.76. The number of hydrogen-bond acceptors (Lipinski definition) is 12. The molecule has 292 valence electrons. The lowest BCUT2D eigenvalue weighted by Gasteiger charge is -2.33. The lowest BCUT2D eigenvalue weighted by molar-refractivity contribution is -0.133. The molecule has 1 aliphatic heterocycles. The minimum atomic E-state index is -1.37. The van der Waals surface area contributed by atoms with Crippen molar-refractivity contribution in [1.82, 2.24) is 30.4 Å². The first kappa shape index (κ1) is 43.3. The van der Waals surface area contributed by atoms with E-state index in [1.54, 1.807) is 0 Å². The maximum absolute atomic E-state index is 13.2. The Kier molecular flexibility index (Phi) is 19.0. The fraction of sp³-hybridized carbons (Fsp3) is 0.676. The molecule has 1 aromatic heterocycles. The van der Waals surface area contributed by atoms with Crippen LogP contribution in [0.25, 0.3) is 0 Å². The Labute approximate surface area is 313 Å². The highest BCUT2D eigenvalue weighted by molar-refractivity contribution is 6.31. The first-order valence-corrected chi connectivity index (χ1v) is 19.1. The van der Waals surface area contributed by atoms with Crippen LogP contribution in [0.2, 0.25) is 5.15 Å². The summed E-state index contributed by atoms with van der Waals surface area (Å²) in [5.74, 6) is -0.0309. The third kappa shape index (κ3) is 14.4. The van der Waals surface area contributed by atoms with Crippen LogP contribution < -0.4 is 22.1 Å². The molecule has 52 heavy (non-hydrogen) atoms. The van der Waals surface area contributed by atoms with E-state index in [2.05, 4.69) is 46.6 Å². The largest absolute Gasteiger partial charge is 0.396 e. The van der Waals surface area contributed by atoms with E-state index in [1.807, 2.05) is 21.9 Å². The van der Waals surface area contributed by atoms with Crippen LogP contribution in [0.5, 0.6) is 0 Å². The van der Waals surface area contributed by atoms with Crippen molar-refractivity contribution in [2.75, 3.05) is 70.4 Å². The van der Waals surface area contributed by atoms with Gasteiger partial charge in [-0.15, -0.1) is 0 Å². The number of hydrogen-bond donors (Lipinski definition) is 8. The maximum Gasteiger partial charge on any atom is 0.273 e. The average Bonchev–Trinajstić information content (AvgIpc) is 3.13. The van der Waals surface area contributed by atoms with Gasteiger partial charge < -0.3 is 52.3 Å². The first-order chi connectivity index (χ1) is 24.9. The number of nitrogens with zero attached hydrogens (tertiary/aromatic N) is 4. The second kappa shape index (κ2) is 22.8. The van der Waals surface area contributed by atoms with Gasteiger partial charge in [-0.3, -0.25) is 9.59 Å². The zero-order valence-corrected chi connectivity index (χ0v) is 31.6. The van der Waals surface area contributed by atoms with Gasteiger partial charge in [-0.1, -0.05) is 62.1 Å². The van der Waals surface area contributed by atoms with Crippen molar-refractivity contribution in [3.63, 3.8) is 0 Å². The number of carbonyl (C=O) groups excluding carboxylic acids is 2. The molecule has 14 nitrogen and oxygen atoms in total. The van der Waals surface area contributed by atoms with Crippen molar-refractivity contribution >= 4 is 35.1 Å². The molecule has 1 fully saturated rings. The normalized spacial score (nSPS) is 16.1. The number of nitrogen functional groups attached to an aromatic ring is 2. The van der Waals surface area contributed by atoms with Gasteiger partial charge in [-0.2, -0.15) is 0 Å². The number of benzene rings is 1. The Hall–Kier alpha value is -3.11. The SMILES string of the molecule is CCCCCCN(CCC(=O)N1CCC(CNC[C@H](CNC(=O)c2nc(Cl)c(N)nc2N)Cc2ccccc2C)CC1)CC(O)C(O)C(O)CCO. The molecule has 0 bridgehead atoms. The Morgan fingerprint density at radius 1 is 1.02 bits per heavy atom. The van der Waals surface area contributed by atoms with Gasteiger partial charge in [0.25, 0.3) is 5.91 Å². The first-order valence-electron chi connectivity index (χ1n) is 18.7. The van der Waals surface area contributed by atoms with Crippen molar-refractivity contribution in [2.24, 2.45) is 11.8 Å². The molecule has 2 heterocycles. The zero-order chi connectivity index (χ0) is 38.0. The fourth-order valence-electron chi connectivity index (χ4n) is 6.57. The summed E-state index contributed by atoms with van der Waals surface area (Å²) >= 11 is 5.99. The number of rotatable bonds is 23. The van der Waals surface area contributed by atoms with Crippen molar-refractivity contribution < 1.29 is 30.0 Å². The molecule has 15 heteroatoms. The van der Waals surface area contributed by atoms with Gasteiger partial charge in [-0.05, 0) is 81.6 Å². The topological polar surface area (TPSA) is 223 Å². The van der Waals surface area contributed by atoms with Crippen LogP contribution in [0.1, 0.15) is 79.9 Å². The molecular weight excluding hydrogens is 688 g/mol. The lowest BCUT2D eigenvalue weighted by atomic mass is 9.94. The van der Waals surface area contributed by atoms with Gasteiger partial charge in [0.05, 0.1) is 12.2 Å². The number of amides is 2. The van der Waals surface area contributed by atoms with Crippen molar-refractivity contribution in [1.29, 1.82) is 0 Å². The summed E-state index contributed by atoms with van der Waals surface area (Å²) in [6.07, 6.45) is 3.20. The zero-order valence-electron chi connectivity index (χ0n) is 30.9. The lowest BCUT2D eigenvalue weighted by Crippen LogP contribution is -2.46. The van der Waals surface area contributed by atoms with Crippen LogP contribution in [-0.4, -0.2) is 129 Å². The highest BCUT2D eigenvalue weighted by Crippen LogP contribution is 2.20. The number of halogens is 1. The standard InChI is InChI=1S/C37H61ClN8O6/c1-3-4-5-8-15-45(24-30(49)33(51)29(48)14-19-47)16-13-31(50)46-17-11-26(12-18-46)21-41-22-27(20-28-10-7-6-9-25(28)2)23-42-37(52)32-35(39)44-36(40)34(38)43-32/h6-7,9-10,26-27,29-30,33,41,47-49,51H,3-5,8,11-24H2,1-2H3,(H,42,52)(H4,39,40,44)/t27-,29?,30?,33?/m1/s1. The van der Waals surface area contributed by atoms with E-state index in [4.69, 9.17) is 28.2 Å². The monoisotopic (exact) mass is 748 g/mol. The molecule has 0 aliphatic carbocycles. The summed E-state index contributed by atoms with van der Waals surface area (Å²) in [5, 5.41) is 46.5. The molecular formula is C37H61ClN8O6. The summed E-state index contributed by atoms with van der Waals surface area (Å²) in [4.78, 5) is 38.0. The number of aliphatic hydroxyl groups is 4. The smallest absolute Gasteiger partial charge is 0.273 e. The van der Waals surface area contributed by atoms with Crippen molar-refractivity contribution in [2.45, 2.75) is 89.9 Å². The molecule has 1 aromatic carbocycles.